The first-order chi connectivity index (χ1) is 17.0. The number of esters is 1. The first kappa shape index (κ1) is 28.4. The summed E-state index contributed by atoms with van der Waals surface area (Å²) in [5, 5.41) is 12.4. The van der Waals surface area contributed by atoms with Gasteiger partial charge >= 0.3 is 5.97 Å². The summed E-state index contributed by atoms with van der Waals surface area (Å²) < 4.78 is 12.2. The average molecular weight is 505 g/mol. The lowest BCUT2D eigenvalue weighted by Crippen LogP contribution is -2.69. The summed E-state index contributed by atoms with van der Waals surface area (Å²) in [4.78, 5) is 11.7. The highest BCUT2D eigenvalue weighted by atomic mass is 16.5. The third-order valence-corrected chi connectivity index (χ3v) is 11.8. The van der Waals surface area contributed by atoms with E-state index in [4.69, 9.17) is 9.47 Å². The third-order valence-electron chi connectivity index (χ3n) is 11.8. The number of carbonyl (C=O) groups is 1. The van der Waals surface area contributed by atoms with Gasteiger partial charge in [0.1, 0.15) is 6.10 Å². The van der Waals surface area contributed by atoms with Crippen LogP contribution in [0.5, 0.6) is 0 Å². The third kappa shape index (κ3) is 4.92. The first-order valence-corrected chi connectivity index (χ1v) is 15.5. The molecule has 0 amide bonds. The molecule has 0 radical (unpaired) electrons. The Morgan fingerprint density at radius 1 is 1.03 bits per heavy atom. The fourth-order valence-corrected chi connectivity index (χ4v) is 10.0. The van der Waals surface area contributed by atoms with E-state index < -0.39 is 5.60 Å². The molecule has 4 aliphatic carbocycles. The predicted molar refractivity (Wildman–Crippen MR) is 145 cm³/mol. The van der Waals surface area contributed by atoms with Crippen LogP contribution < -0.4 is 0 Å². The molecule has 0 bridgehead atoms. The van der Waals surface area contributed by atoms with Crippen LogP contribution in [0.25, 0.3) is 0 Å². The normalized spacial score (nSPS) is 45.0. The van der Waals surface area contributed by atoms with Gasteiger partial charge in [-0.05, 0) is 92.3 Å². The molecule has 0 saturated heterocycles. The maximum Gasteiger partial charge on any atom is 0.302 e. The molecule has 4 fully saturated rings. The van der Waals surface area contributed by atoms with Crippen LogP contribution in [0.2, 0.25) is 0 Å². The molecule has 0 heterocycles. The van der Waals surface area contributed by atoms with E-state index >= 15 is 0 Å². The van der Waals surface area contributed by atoms with Crippen LogP contribution in [0, 0.1) is 46.3 Å². The second-order valence-electron chi connectivity index (χ2n) is 14.3. The Labute approximate surface area is 221 Å². The number of hydrogen-bond acceptors (Lipinski definition) is 4. The molecular weight excluding hydrogens is 448 g/mol. The predicted octanol–water partition coefficient (Wildman–Crippen LogP) is 7.56. The Morgan fingerprint density at radius 3 is 2.44 bits per heavy atom. The van der Waals surface area contributed by atoms with Crippen molar-refractivity contribution in [3.63, 3.8) is 0 Å². The van der Waals surface area contributed by atoms with E-state index in [0.29, 0.717) is 30.3 Å². The highest BCUT2D eigenvalue weighted by Gasteiger charge is 2.68. The van der Waals surface area contributed by atoms with Crippen LogP contribution in [-0.4, -0.2) is 35.5 Å². The Morgan fingerprint density at radius 2 is 1.78 bits per heavy atom. The highest BCUT2D eigenvalue weighted by Crippen LogP contribution is 2.69. The molecule has 4 nitrogen and oxygen atoms in total. The minimum atomic E-state index is -0.919. The van der Waals surface area contributed by atoms with Crippen molar-refractivity contribution in [2.24, 2.45) is 46.3 Å². The SMILES string of the molecule is CCCO[C@@H]1C[C@H]2[C@@H]3CC[C@H]([C@H](C)CCCC(C)C)[C@@]3(C)CC[C@@H]2[C@@]2(C)CC[C@H](OC(C)=O)C[C@]12O. The summed E-state index contributed by atoms with van der Waals surface area (Å²) in [7, 11) is 0. The van der Waals surface area contributed by atoms with Crippen molar-refractivity contribution in [1.29, 1.82) is 0 Å². The number of hydrogen-bond donors (Lipinski definition) is 1. The van der Waals surface area contributed by atoms with E-state index in [1.165, 1.54) is 51.9 Å². The van der Waals surface area contributed by atoms with Gasteiger partial charge < -0.3 is 14.6 Å². The molecule has 0 spiro atoms. The monoisotopic (exact) mass is 504 g/mol. The van der Waals surface area contributed by atoms with Crippen LogP contribution in [0.3, 0.4) is 0 Å². The quantitative estimate of drug-likeness (QED) is 0.329. The van der Waals surface area contributed by atoms with E-state index in [-0.39, 0.29) is 23.6 Å². The molecule has 4 saturated carbocycles. The van der Waals surface area contributed by atoms with Crippen molar-refractivity contribution in [1.82, 2.24) is 0 Å². The molecule has 10 atom stereocenters. The number of carbonyl (C=O) groups excluding carboxylic acids is 1. The number of ether oxygens (including phenoxy) is 2. The minimum absolute atomic E-state index is 0.160. The lowest BCUT2D eigenvalue weighted by Gasteiger charge is -2.66. The lowest BCUT2D eigenvalue weighted by atomic mass is 9.42. The van der Waals surface area contributed by atoms with Gasteiger partial charge in [-0.25, -0.2) is 0 Å². The van der Waals surface area contributed by atoms with Gasteiger partial charge in [-0.3, -0.25) is 4.79 Å². The molecule has 4 aliphatic rings. The zero-order valence-corrected chi connectivity index (χ0v) is 24.5. The van der Waals surface area contributed by atoms with Crippen LogP contribution in [0.4, 0.5) is 0 Å². The topological polar surface area (TPSA) is 55.8 Å². The smallest absolute Gasteiger partial charge is 0.302 e. The van der Waals surface area contributed by atoms with Crippen LogP contribution in [0.1, 0.15) is 126 Å². The molecule has 0 aromatic heterocycles. The van der Waals surface area contributed by atoms with Gasteiger partial charge in [-0.15, -0.1) is 0 Å². The zero-order chi connectivity index (χ0) is 26.3. The Bertz CT molecular complexity index is 765. The van der Waals surface area contributed by atoms with Crippen LogP contribution >= 0.6 is 0 Å². The van der Waals surface area contributed by atoms with E-state index in [9.17, 15) is 9.90 Å². The van der Waals surface area contributed by atoms with Crippen molar-refractivity contribution < 1.29 is 19.4 Å². The first-order valence-electron chi connectivity index (χ1n) is 15.5. The van der Waals surface area contributed by atoms with Crippen molar-refractivity contribution in [2.45, 2.75) is 143 Å². The largest absolute Gasteiger partial charge is 0.462 e. The fraction of sp³-hybridized carbons (Fsp3) is 0.969. The summed E-state index contributed by atoms with van der Waals surface area (Å²) in [6, 6.07) is 0. The molecule has 36 heavy (non-hydrogen) atoms. The van der Waals surface area contributed by atoms with E-state index in [0.717, 1.165) is 49.4 Å². The average Bonchev–Trinajstić information content (AvgIpc) is 3.15. The Balaban J connectivity index is 1.57. The maximum absolute atomic E-state index is 12.4. The minimum Gasteiger partial charge on any atom is -0.462 e. The standard InChI is InChI=1S/C32H56O4/c1-8-18-35-29-19-25-27-13-12-26(22(4)11-9-10-21(2)3)30(27,6)16-15-28(25)31(7)17-14-24(36-23(5)33)20-32(29,31)34/h21-22,24-29,34H,8-20H2,1-7H3/t22-,24+,25+,26-,27+,28+,29-,30-,31-,32+/m1/s1. The zero-order valence-electron chi connectivity index (χ0n) is 24.5. The van der Waals surface area contributed by atoms with Gasteiger partial charge in [-0.2, -0.15) is 0 Å². The summed E-state index contributed by atoms with van der Waals surface area (Å²) in [6.45, 7) is 16.6. The van der Waals surface area contributed by atoms with Crippen molar-refractivity contribution in [3.8, 4) is 0 Å². The second-order valence-corrected chi connectivity index (χ2v) is 14.3. The molecule has 0 aliphatic heterocycles. The van der Waals surface area contributed by atoms with Gasteiger partial charge in [0.15, 0.2) is 0 Å². The second kappa shape index (κ2) is 10.9. The number of fused-ring (bicyclic) bond motifs is 5. The van der Waals surface area contributed by atoms with Gasteiger partial charge in [0.2, 0.25) is 0 Å². The van der Waals surface area contributed by atoms with E-state index in [1.54, 1.807) is 0 Å². The summed E-state index contributed by atoms with van der Waals surface area (Å²) >= 11 is 0. The molecule has 4 heteroatoms. The molecule has 208 valence electrons. The van der Waals surface area contributed by atoms with Gasteiger partial charge in [0, 0.05) is 25.4 Å². The number of aliphatic hydroxyl groups is 1. The van der Waals surface area contributed by atoms with E-state index in [1.807, 2.05) is 0 Å². The number of rotatable bonds is 9. The Kier molecular flexibility index (Phi) is 8.58. The molecule has 4 rings (SSSR count). The molecular formula is C32H56O4. The fourth-order valence-electron chi connectivity index (χ4n) is 10.0. The van der Waals surface area contributed by atoms with Crippen molar-refractivity contribution in [2.75, 3.05) is 6.61 Å². The van der Waals surface area contributed by atoms with Crippen LogP contribution in [0.15, 0.2) is 0 Å². The van der Waals surface area contributed by atoms with Crippen molar-refractivity contribution >= 4 is 5.97 Å². The molecule has 0 aromatic carbocycles. The van der Waals surface area contributed by atoms with E-state index in [2.05, 4.69) is 41.5 Å². The Hall–Kier alpha value is -0.610. The van der Waals surface area contributed by atoms with Gasteiger partial charge in [0.05, 0.1) is 11.7 Å². The summed E-state index contributed by atoms with van der Waals surface area (Å²) in [5.74, 6) is 4.12. The highest BCUT2D eigenvalue weighted by molar-refractivity contribution is 5.66. The molecule has 0 aromatic rings. The summed E-state index contributed by atoms with van der Waals surface area (Å²) in [5.41, 5.74) is -0.667. The molecule has 0 unspecified atom stereocenters. The van der Waals surface area contributed by atoms with Crippen molar-refractivity contribution in [3.05, 3.63) is 0 Å². The molecule has 1 N–H and O–H groups in total. The maximum atomic E-state index is 12.4. The summed E-state index contributed by atoms with van der Waals surface area (Å²) in [6.07, 6.45) is 13.2. The lowest BCUT2D eigenvalue weighted by molar-refractivity contribution is -0.276. The van der Waals surface area contributed by atoms with Gasteiger partial charge in [0.25, 0.3) is 0 Å². The van der Waals surface area contributed by atoms with Crippen LogP contribution in [-0.2, 0) is 14.3 Å². The van der Waals surface area contributed by atoms with Gasteiger partial charge in [-0.1, -0.05) is 60.8 Å².